The molecule has 1 atom stereocenters. The normalized spacial score (nSPS) is 13.6. The van der Waals surface area contributed by atoms with Crippen molar-refractivity contribution in [1.82, 2.24) is 4.98 Å². The molecular formula is C15H19BrN2S. The molecule has 1 heterocycles. The number of rotatable bonds is 2. The molecule has 0 aliphatic heterocycles. The van der Waals surface area contributed by atoms with Crippen LogP contribution >= 0.6 is 27.3 Å². The van der Waals surface area contributed by atoms with E-state index in [1.54, 1.807) is 11.3 Å². The summed E-state index contributed by atoms with van der Waals surface area (Å²) in [6.07, 6.45) is 0. The van der Waals surface area contributed by atoms with Crippen LogP contribution in [0, 0.1) is 12.3 Å². The fraction of sp³-hybridized carbons (Fsp3) is 0.400. The molecule has 0 saturated heterocycles. The smallest absolute Gasteiger partial charge is 0.111 e. The molecule has 2 aromatic rings. The Morgan fingerprint density at radius 1 is 1.21 bits per heavy atom. The molecule has 1 unspecified atom stereocenters. The Hall–Kier alpha value is -0.710. The lowest BCUT2D eigenvalue weighted by Gasteiger charge is -2.24. The van der Waals surface area contributed by atoms with Crippen molar-refractivity contribution in [1.29, 1.82) is 0 Å². The van der Waals surface area contributed by atoms with Crippen LogP contribution in [0.15, 0.2) is 28.7 Å². The predicted molar refractivity (Wildman–Crippen MR) is 86.4 cm³/mol. The molecule has 0 aliphatic rings. The number of hydrogen-bond donors (Lipinski definition) is 1. The quantitative estimate of drug-likeness (QED) is 0.843. The minimum Gasteiger partial charge on any atom is -0.322 e. The molecule has 19 heavy (non-hydrogen) atoms. The van der Waals surface area contributed by atoms with Gasteiger partial charge in [-0.15, -0.1) is 11.3 Å². The summed E-state index contributed by atoms with van der Waals surface area (Å²) < 4.78 is 1.08. The third-order valence-electron chi connectivity index (χ3n) is 3.13. The van der Waals surface area contributed by atoms with Gasteiger partial charge in [0.05, 0.1) is 11.7 Å². The number of benzene rings is 1. The van der Waals surface area contributed by atoms with Crippen molar-refractivity contribution in [2.24, 2.45) is 11.1 Å². The molecule has 2 N–H and O–H groups in total. The van der Waals surface area contributed by atoms with Crippen LogP contribution in [-0.4, -0.2) is 4.98 Å². The van der Waals surface area contributed by atoms with E-state index in [2.05, 4.69) is 55.8 Å². The third kappa shape index (κ3) is 3.25. The van der Waals surface area contributed by atoms with Crippen LogP contribution in [0.3, 0.4) is 0 Å². The summed E-state index contributed by atoms with van der Waals surface area (Å²) in [6, 6.07) is 8.21. The zero-order chi connectivity index (χ0) is 14.2. The van der Waals surface area contributed by atoms with Crippen LogP contribution in [0.1, 0.15) is 36.7 Å². The van der Waals surface area contributed by atoms with Crippen molar-refractivity contribution in [3.8, 4) is 11.3 Å². The maximum Gasteiger partial charge on any atom is 0.111 e. The van der Waals surface area contributed by atoms with Crippen molar-refractivity contribution in [2.45, 2.75) is 33.7 Å². The minimum atomic E-state index is -0.0274. The Morgan fingerprint density at radius 3 is 2.32 bits per heavy atom. The number of nitrogens with two attached hydrogens (primary N) is 1. The van der Waals surface area contributed by atoms with E-state index in [-0.39, 0.29) is 11.5 Å². The highest BCUT2D eigenvalue weighted by molar-refractivity contribution is 9.10. The van der Waals surface area contributed by atoms with Gasteiger partial charge in [-0.25, -0.2) is 4.98 Å². The van der Waals surface area contributed by atoms with Crippen molar-refractivity contribution in [2.75, 3.05) is 0 Å². The van der Waals surface area contributed by atoms with Crippen LogP contribution in [-0.2, 0) is 0 Å². The second-order valence-electron chi connectivity index (χ2n) is 5.81. The standard InChI is InChI=1S/C15H19BrN2S/c1-9-12(10-5-7-11(16)8-6-10)18-14(19-9)13(17)15(2,3)4/h5-8,13H,17H2,1-4H3. The fourth-order valence-corrected chi connectivity index (χ4v) is 3.25. The van der Waals surface area contributed by atoms with Gasteiger partial charge in [0.15, 0.2) is 0 Å². The molecular weight excluding hydrogens is 320 g/mol. The molecule has 1 aromatic carbocycles. The van der Waals surface area contributed by atoms with Crippen LogP contribution in [0.2, 0.25) is 0 Å². The minimum absolute atomic E-state index is 0.0274. The monoisotopic (exact) mass is 338 g/mol. The third-order valence-corrected chi connectivity index (χ3v) is 4.71. The van der Waals surface area contributed by atoms with E-state index in [4.69, 9.17) is 10.7 Å². The van der Waals surface area contributed by atoms with Gasteiger partial charge in [-0.1, -0.05) is 48.8 Å². The van der Waals surface area contributed by atoms with E-state index in [1.165, 1.54) is 4.88 Å². The first kappa shape index (κ1) is 14.7. The van der Waals surface area contributed by atoms with Crippen molar-refractivity contribution < 1.29 is 0 Å². The summed E-state index contributed by atoms with van der Waals surface area (Å²) in [6.45, 7) is 8.54. The van der Waals surface area contributed by atoms with E-state index in [0.29, 0.717) is 0 Å². The number of aryl methyl sites for hydroxylation is 1. The molecule has 2 rings (SSSR count). The van der Waals surface area contributed by atoms with Gasteiger partial charge in [-0.2, -0.15) is 0 Å². The van der Waals surface area contributed by atoms with Gasteiger partial charge >= 0.3 is 0 Å². The van der Waals surface area contributed by atoms with Crippen molar-refractivity contribution in [3.63, 3.8) is 0 Å². The van der Waals surface area contributed by atoms with Crippen molar-refractivity contribution >= 4 is 27.3 Å². The lowest BCUT2D eigenvalue weighted by molar-refractivity contribution is 0.326. The second kappa shape index (κ2) is 5.35. The zero-order valence-corrected chi connectivity index (χ0v) is 14.1. The molecule has 4 heteroatoms. The molecule has 0 radical (unpaired) electrons. The Labute approximate surface area is 127 Å². The molecule has 102 valence electrons. The molecule has 0 amide bonds. The fourth-order valence-electron chi connectivity index (χ4n) is 1.80. The summed E-state index contributed by atoms with van der Waals surface area (Å²) in [4.78, 5) is 5.97. The first-order chi connectivity index (χ1) is 8.79. The first-order valence-electron chi connectivity index (χ1n) is 6.28. The SMILES string of the molecule is Cc1sc(C(N)C(C)(C)C)nc1-c1ccc(Br)cc1. The maximum atomic E-state index is 6.30. The number of aromatic nitrogens is 1. The van der Waals surface area contributed by atoms with E-state index in [0.717, 1.165) is 20.7 Å². The van der Waals surface area contributed by atoms with Crippen LogP contribution in [0.25, 0.3) is 11.3 Å². The van der Waals surface area contributed by atoms with E-state index >= 15 is 0 Å². The van der Waals surface area contributed by atoms with Crippen molar-refractivity contribution in [3.05, 3.63) is 38.6 Å². The van der Waals surface area contributed by atoms with Gasteiger partial charge in [0.25, 0.3) is 0 Å². The highest BCUT2D eigenvalue weighted by atomic mass is 79.9. The Kier molecular flexibility index (Phi) is 4.14. The lowest BCUT2D eigenvalue weighted by Crippen LogP contribution is -2.26. The summed E-state index contributed by atoms with van der Waals surface area (Å²) in [7, 11) is 0. The van der Waals surface area contributed by atoms with Gasteiger partial charge < -0.3 is 5.73 Å². The van der Waals surface area contributed by atoms with E-state index in [9.17, 15) is 0 Å². The molecule has 0 saturated carbocycles. The molecule has 0 aliphatic carbocycles. The number of halogens is 1. The van der Waals surface area contributed by atoms with Gasteiger partial charge in [-0.05, 0) is 24.5 Å². The Bertz CT molecular complexity index is 567. The first-order valence-corrected chi connectivity index (χ1v) is 7.89. The number of hydrogen-bond acceptors (Lipinski definition) is 3. The summed E-state index contributed by atoms with van der Waals surface area (Å²) in [5.74, 6) is 0. The average molecular weight is 339 g/mol. The largest absolute Gasteiger partial charge is 0.322 e. The summed E-state index contributed by atoms with van der Waals surface area (Å²) in [5, 5.41) is 1.02. The maximum absolute atomic E-state index is 6.30. The zero-order valence-electron chi connectivity index (χ0n) is 11.7. The molecule has 0 bridgehead atoms. The average Bonchev–Trinajstić information content (AvgIpc) is 2.70. The van der Waals surface area contributed by atoms with Crippen LogP contribution < -0.4 is 5.73 Å². The number of nitrogens with zero attached hydrogens (tertiary/aromatic N) is 1. The second-order valence-corrected chi connectivity index (χ2v) is 7.96. The topological polar surface area (TPSA) is 38.9 Å². The molecule has 1 aromatic heterocycles. The Balaban J connectivity index is 2.39. The molecule has 0 spiro atoms. The number of thiazole rings is 1. The van der Waals surface area contributed by atoms with E-state index in [1.807, 2.05) is 12.1 Å². The summed E-state index contributed by atoms with van der Waals surface area (Å²) in [5.41, 5.74) is 8.52. The highest BCUT2D eigenvalue weighted by Crippen LogP contribution is 2.36. The predicted octanol–water partition coefficient (Wildman–Crippen LogP) is 4.93. The highest BCUT2D eigenvalue weighted by Gasteiger charge is 2.26. The lowest BCUT2D eigenvalue weighted by atomic mass is 9.88. The van der Waals surface area contributed by atoms with Crippen LogP contribution in [0.4, 0.5) is 0 Å². The van der Waals surface area contributed by atoms with Gasteiger partial charge in [-0.3, -0.25) is 0 Å². The van der Waals surface area contributed by atoms with Crippen LogP contribution in [0.5, 0.6) is 0 Å². The molecule has 0 fully saturated rings. The van der Waals surface area contributed by atoms with Gasteiger partial charge in [0, 0.05) is 14.9 Å². The van der Waals surface area contributed by atoms with E-state index < -0.39 is 0 Å². The summed E-state index contributed by atoms with van der Waals surface area (Å²) >= 11 is 5.15. The molecule has 2 nitrogen and oxygen atoms in total. The Morgan fingerprint density at radius 2 is 1.79 bits per heavy atom. The van der Waals surface area contributed by atoms with Gasteiger partial charge in [0.1, 0.15) is 5.01 Å². The van der Waals surface area contributed by atoms with Gasteiger partial charge in [0.2, 0.25) is 0 Å².